The normalized spacial score (nSPS) is 42.2. The van der Waals surface area contributed by atoms with E-state index in [1.165, 1.54) is 0 Å². The molecule has 6 atom stereocenters. The van der Waals surface area contributed by atoms with Gasteiger partial charge in [0.2, 0.25) is 5.91 Å². The van der Waals surface area contributed by atoms with Crippen LogP contribution in [0.15, 0.2) is 0 Å². The van der Waals surface area contributed by atoms with Gasteiger partial charge < -0.3 is 15.3 Å². The van der Waals surface area contributed by atoms with E-state index in [9.17, 15) is 9.90 Å². The van der Waals surface area contributed by atoms with Crippen molar-refractivity contribution in [2.75, 3.05) is 20.6 Å². The van der Waals surface area contributed by atoms with Crippen molar-refractivity contribution in [1.29, 1.82) is 0 Å². The third-order valence-electron chi connectivity index (χ3n) is 4.62. The number of amides is 1. The lowest BCUT2D eigenvalue weighted by Crippen LogP contribution is -2.53. The fraction of sp³-hybridized carbons (Fsp3) is 0.929. The molecule has 1 saturated heterocycles. The van der Waals surface area contributed by atoms with Gasteiger partial charge in [-0.15, -0.1) is 23.2 Å². The Hall–Kier alpha value is -0.0300. The highest BCUT2D eigenvalue weighted by Crippen LogP contribution is 2.40. The SMILES string of the molecule is CN(C)C(=O)[C@H]1C[C@@H](C2C(O)CCC(Cl)C2Cl)CCN1. The Morgan fingerprint density at radius 1 is 1.25 bits per heavy atom. The average Bonchev–Trinajstić information content (AvgIpc) is 2.43. The van der Waals surface area contributed by atoms with Gasteiger partial charge in [-0.1, -0.05) is 0 Å². The molecule has 1 heterocycles. The highest BCUT2D eigenvalue weighted by atomic mass is 35.5. The van der Waals surface area contributed by atoms with E-state index in [4.69, 9.17) is 23.2 Å². The minimum Gasteiger partial charge on any atom is -0.393 e. The molecule has 2 rings (SSSR count). The Bertz CT molecular complexity index is 354. The van der Waals surface area contributed by atoms with Crippen LogP contribution < -0.4 is 5.32 Å². The number of aliphatic hydroxyl groups is 1. The van der Waals surface area contributed by atoms with Gasteiger partial charge in [0.25, 0.3) is 0 Å². The van der Waals surface area contributed by atoms with Crippen LogP contribution in [0.25, 0.3) is 0 Å². The number of aliphatic hydroxyl groups excluding tert-OH is 1. The maximum Gasteiger partial charge on any atom is 0.239 e. The quantitative estimate of drug-likeness (QED) is 0.756. The number of likely N-dealkylation sites (N-methyl/N-ethyl adjacent to an activating group) is 1. The predicted molar refractivity (Wildman–Crippen MR) is 81.2 cm³/mol. The van der Waals surface area contributed by atoms with Crippen molar-refractivity contribution in [3.63, 3.8) is 0 Å². The number of piperidine rings is 1. The van der Waals surface area contributed by atoms with Gasteiger partial charge in [0.1, 0.15) is 0 Å². The van der Waals surface area contributed by atoms with E-state index in [0.717, 1.165) is 25.8 Å². The summed E-state index contributed by atoms with van der Waals surface area (Å²) in [6, 6.07) is -0.171. The largest absolute Gasteiger partial charge is 0.393 e. The average molecular weight is 323 g/mol. The van der Waals surface area contributed by atoms with E-state index < -0.39 is 6.10 Å². The summed E-state index contributed by atoms with van der Waals surface area (Å²) in [4.78, 5) is 13.7. The van der Waals surface area contributed by atoms with E-state index in [1.807, 2.05) is 0 Å². The number of rotatable bonds is 2. The Kier molecular flexibility index (Phi) is 5.57. The zero-order chi connectivity index (χ0) is 14.9. The van der Waals surface area contributed by atoms with Gasteiger partial charge in [-0.2, -0.15) is 0 Å². The summed E-state index contributed by atoms with van der Waals surface area (Å²) < 4.78 is 0. The van der Waals surface area contributed by atoms with E-state index in [2.05, 4.69) is 5.32 Å². The molecule has 6 heteroatoms. The van der Waals surface area contributed by atoms with Crippen molar-refractivity contribution < 1.29 is 9.90 Å². The van der Waals surface area contributed by atoms with Crippen molar-refractivity contribution in [1.82, 2.24) is 10.2 Å². The molecule has 0 aromatic carbocycles. The fourth-order valence-electron chi connectivity index (χ4n) is 3.51. The monoisotopic (exact) mass is 322 g/mol. The molecule has 1 aliphatic heterocycles. The van der Waals surface area contributed by atoms with Crippen LogP contribution in [-0.4, -0.2) is 59.5 Å². The third kappa shape index (κ3) is 3.41. The lowest BCUT2D eigenvalue weighted by Gasteiger charge is -2.43. The Morgan fingerprint density at radius 3 is 2.60 bits per heavy atom. The van der Waals surface area contributed by atoms with Crippen LogP contribution in [-0.2, 0) is 4.79 Å². The van der Waals surface area contributed by atoms with E-state index in [1.54, 1.807) is 19.0 Å². The van der Waals surface area contributed by atoms with Crippen LogP contribution in [0.5, 0.6) is 0 Å². The van der Waals surface area contributed by atoms with Crippen LogP contribution in [0, 0.1) is 11.8 Å². The number of hydrogen-bond acceptors (Lipinski definition) is 3. The van der Waals surface area contributed by atoms with Crippen LogP contribution in [0.4, 0.5) is 0 Å². The molecule has 0 aromatic heterocycles. The van der Waals surface area contributed by atoms with Crippen molar-refractivity contribution in [2.24, 2.45) is 11.8 Å². The molecule has 1 amide bonds. The number of hydrogen-bond donors (Lipinski definition) is 2. The number of nitrogens with zero attached hydrogens (tertiary/aromatic N) is 1. The first-order valence-corrected chi connectivity index (χ1v) is 8.20. The molecule has 4 unspecified atom stereocenters. The molecular formula is C14H24Cl2N2O2. The number of halogens is 2. The Balaban J connectivity index is 2.05. The van der Waals surface area contributed by atoms with Crippen LogP contribution in [0.2, 0.25) is 0 Å². The van der Waals surface area contributed by atoms with Crippen molar-refractivity contribution in [3.8, 4) is 0 Å². The maximum absolute atomic E-state index is 12.1. The number of carbonyl (C=O) groups excluding carboxylic acids is 1. The first kappa shape index (κ1) is 16.3. The summed E-state index contributed by atoms with van der Waals surface area (Å²) in [5.41, 5.74) is 0. The molecule has 0 aromatic rings. The van der Waals surface area contributed by atoms with Crippen LogP contribution >= 0.6 is 23.2 Å². The smallest absolute Gasteiger partial charge is 0.239 e. The third-order valence-corrected chi connectivity index (χ3v) is 5.84. The second-order valence-electron chi connectivity index (χ2n) is 6.21. The van der Waals surface area contributed by atoms with Crippen molar-refractivity contribution in [3.05, 3.63) is 0 Å². The first-order chi connectivity index (χ1) is 9.41. The molecule has 1 aliphatic carbocycles. The molecule has 0 spiro atoms. The first-order valence-electron chi connectivity index (χ1n) is 7.32. The summed E-state index contributed by atoms with van der Waals surface area (Å²) in [7, 11) is 3.53. The molecule has 2 fully saturated rings. The lowest BCUT2D eigenvalue weighted by atomic mass is 9.72. The van der Waals surface area contributed by atoms with Gasteiger partial charge in [0.05, 0.1) is 22.9 Å². The topological polar surface area (TPSA) is 52.6 Å². The molecule has 116 valence electrons. The van der Waals surface area contributed by atoms with Gasteiger partial charge in [-0.05, 0) is 38.1 Å². The zero-order valence-corrected chi connectivity index (χ0v) is 13.6. The van der Waals surface area contributed by atoms with Gasteiger partial charge in [-0.3, -0.25) is 4.79 Å². The maximum atomic E-state index is 12.1. The highest BCUT2D eigenvalue weighted by molar-refractivity contribution is 6.30. The summed E-state index contributed by atoms with van der Waals surface area (Å²) in [5, 5.41) is 13.3. The highest BCUT2D eigenvalue weighted by Gasteiger charge is 2.43. The van der Waals surface area contributed by atoms with Gasteiger partial charge in [0.15, 0.2) is 0 Å². The Morgan fingerprint density at radius 2 is 1.95 bits per heavy atom. The van der Waals surface area contributed by atoms with Crippen molar-refractivity contribution in [2.45, 2.75) is 48.6 Å². The summed E-state index contributed by atoms with van der Waals surface area (Å²) in [5.74, 6) is 0.338. The number of carbonyl (C=O) groups is 1. The van der Waals surface area contributed by atoms with E-state index >= 15 is 0 Å². The molecule has 2 N–H and O–H groups in total. The number of alkyl halides is 2. The molecule has 4 nitrogen and oxygen atoms in total. The molecule has 2 aliphatic rings. The summed E-state index contributed by atoms with van der Waals surface area (Å²) in [6.07, 6.45) is 2.74. The van der Waals surface area contributed by atoms with Crippen molar-refractivity contribution >= 4 is 29.1 Å². The zero-order valence-electron chi connectivity index (χ0n) is 12.1. The second kappa shape index (κ2) is 6.82. The number of nitrogens with one attached hydrogen (secondary N) is 1. The predicted octanol–water partition coefficient (Wildman–Crippen LogP) is 1.43. The summed E-state index contributed by atoms with van der Waals surface area (Å²) >= 11 is 12.7. The Labute approximate surface area is 130 Å². The van der Waals surface area contributed by atoms with Crippen LogP contribution in [0.3, 0.4) is 0 Å². The standard InChI is InChI=1S/C14H24Cl2N2O2/c1-18(2)14(20)10-7-8(5-6-17-10)12-11(19)4-3-9(15)13(12)16/h8-13,17,19H,3-7H2,1-2H3/t8-,9?,10+,11?,12?,13?/m0/s1. The fourth-order valence-corrected chi connectivity index (χ4v) is 4.30. The molecule has 0 radical (unpaired) electrons. The minimum absolute atomic E-state index is 0.00696. The lowest BCUT2D eigenvalue weighted by molar-refractivity contribution is -0.132. The molecular weight excluding hydrogens is 299 g/mol. The van der Waals surface area contributed by atoms with Gasteiger partial charge in [0, 0.05) is 20.0 Å². The van der Waals surface area contributed by atoms with Gasteiger partial charge in [-0.25, -0.2) is 0 Å². The van der Waals surface area contributed by atoms with Crippen LogP contribution in [0.1, 0.15) is 25.7 Å². The minimum atomic E-state index is -0.397. The molecule has 1 saturated carbocycles. The van der Waals surface area contributed by atoms with E-state index in [0.29, 0.717) is 6.42 Å². The van der Waals surface area contributed by atoms with Gasteiger partial charge >= 0.3 is 0 Å². The van der Waals surface area contributed by atoms with E-state index in [-0.39, 0.29) is 34.5 Å². The molecule has 20 heavy (non-hydrogen) atoms. The molecule has 0 bridgehead atoms. The summed E-state index contributed by atoms with van der Waals surface area (Å²) in [6.45, 7) is 0.786. The second-order valence-corrected chi connectivity index (χ2v) is 7.27.